The normalized spacial score (nSPS) is 11.1. The van der Waals surface area contributed by atoms with Crippen molar-refractivity contribution in [3.8, 4) is 16.2 Å². The standard InChI is InChI=1S/C12H11BrN2OS/c13-10-3-1-8(2-4-10)12-11(16)9(7-17-12)5-6-15-14/h1-4,6-7,16H,5,14H2. The zero-order valence-corrected chi connectivity index (χ0v) is 11.3. The number of hydrogen-bond donors (Lipinski definition) is 2. The highest BCUT2D eigenvalue weighted by Gasteiger charge is 2.11. The van der Waals surface area contributed by atoms with Gasteiger partial charge in [0.2, 0.25) is 0 Å². The van der Waals surface area contributed by atoms with Crippen molar-refractivity contribution in [3.63, 3.8) is 0 Å². The first-order valence-electron chi connectivity index (χ1n) is 4.99. The zero-order valence-electron chi connectivity index (χ0n) is 8.93. The largest absolute Gasteiger partial charge is 0.506 e. The van der Waals surface area contributed by atoms with Gasteiger partial charge in [-0.05, 0) is 23.1 Å². The number of hydrazone groups is 1. The van der Waals surface area contributed by atoms with Gasteiger partial charge < -0.3 is 10.9 Å². The van der Waals surface area contributed by atoms with E-state index in [0.717, 1.165) is 20.5 Å². The van der Waals surface area contributed by atoms with Crippen molar-refractivity contribution in [2.75, 3.05) is 0 Å². The van der Waals surface area contributed by atoms with E-state index >= 15 is 0 Å². The Morgan fingerprint density at radius 3 is 2.71 bits per heavy atom. The minimum Gasteiger partial charge on any atom is -0.506 e. The van der Waals surface area contributed by atoms with Gasteiger partial charge in [0, 0.05) is 22.7 Å². The molecule has 0 atom stereocenters. The number of nitrogens with zero attached hydrogens (tertiary/aromatic N) is 1. The molecule has 3 nitrogen and oxygen atoms in total. The maximum absolute atomic E-state index is 10.1. The van der Waals surface area contributed by atoms with Gasteiger partial charge in [0.15, 0.2) is 0 Å². The number of aromatic hydroxyl groups is 1. The van der Waals surface area contributed by atoms with E-state index in [1.165, 1.54) is 11.3 Å². The Morgan fingerprint density at radius 2 is 2.06 bits per heavy atom. The number of hydrogen-bond acceptors (Lipinski definition) is 4. The molecule has 0 unspecified atom stereocenters. The molecular formula is C12H11BrN2OS. The Bertz CT molecular complexity index is 534. The molecule has 0 spiro atoms. The highest BCUT2D eigenvalue weighted by atomic mass is 79.9. The smallest absolute Gasteiger partial charge is 0.137 e. The van der Waals surface area contributed by atoms with Gasteiger partial charge in [0.25, 0.3) is 0 Å². The predicted octanol–water partition coefficient (Wildman–Crippen LogP) is 3.37. The summed E-state index contributed by atoms with van der Waals surface area (Å²) in [6.45, 7) is 0. The summed E-state index contributed by atoms with van der Waals surface area (Å²) >= 11 is 4.90. The molecule has 0 aliphatic rings. The second-order valence-corrected chi connectivity index (χ2v) is 5.28. The van der Waals surface area contributed by atoms with Gasteiger partial charge in [-0.15, -0.1) is 11.3 Å². The van der Waals surface area contributed by atoms with Gasteiger partial charge in [-0.1, -0.05) is 28.1 Å². The van der Waals surface area contributed by atoms with Crippen LogP contribution in [-0.4, -0.2) is 11.3 Å². The Kier molecular flexibility index (Phi) is 3.81. The van der Waals surface area contributed by atoms with Crippen LogP contribution in [0.5, 0.6) is 5.75 Å². The molecule has 17 heavy (non-hydrogen) atoms. The monoisotopic (exact) mass is 310 g/mol. The summed E-state index contributed by atoms with van der Waals surface area (Å²) in [6, 6.07) is 7.85. The summed E-state index contributed by atoms with van der Waals surface area (Å²) in [5, 5.41) is 15.4. The molecule has 1 aromatic heterocycles. The highest BCUT2D eigenvalue weighted by molar-refractivity contribution is 9.10. The lowest BCUT2D eigenvalue weighted by atomic mass is 10.1. The van der Waals surface area contributed by atoms with E-state index in [4.69, 9.17) is 5.84 Å². The zero-order chi connectivity index (χ0) is 12.3. The maximum atomic E-state index is 10.1. The van der Waals surface area contributed by atoms with Crippen LogP contribution < -0.4 is 5.84 Å². The van der Waals surface area contributed by atoms with E-state index < -0.39 is 0 Å². The molecule has 3 N–H and O–H groups in total. The molecule has 0 saturated carbocycles. The van der Waals surface area contributed by atoms with Crippen molar-refractivity contribution in [2.45, 2.75) is 6.42 Å². The lowest BCUT2D eigenvalue weighted by Gasteiger charge is -2.00. The van der Waals surface area contributed by atoms with Gasteiger partial charge >= 0.3 is 0 Å². The molecule has 0 saturated heterocycles. The van der Waals surface area contributed by atoms with Gasteiger partial charge in [0.05, 0.1) is 4.88 Å². The molecule has 0 amide bonds. The van der Waals surface area contributed by atoms with Crippen LogP contribution in [0.2, 0.25) is 0 Å². The summed E-state index contributed by atoms with van der Waals surface area (Å²) in [7, 11) is 0. The number of nitrogens with two attached hydrogens (primary N) is 1. The number of halogens is 1. The molecule has 0 bridgehead atoms. The third-order valence-corrected chi connectivity index (χ3v) is 3.96. The molecule has 0 radical (unpaired) electrons. The van der Waals surface area contributed by atoms with Crippen LogP contribution >= 0.6 is 27.3 Å². The number of thiophene rings is 1. The van der Waals surface area contributed by atoms with Crippen LogP contribution in [0.1, 0.15) is 5.56 Å². The molecule has 0 aliphatic heterocycles. The van der Waals surface area contributed by atoms with E-state index in [1.807, 2.05) is 29.6 Å². The third kappa shape index (κ3) is 2.68. The lowest BCUT2D eigenvalue weighted by molar-refractivity contribution is 0.475. The molecule has 2 aromatic rings. The fourth-order valence-corrected chi connectivity index (χ4v) is 2.74. The first-order chi connectivity index (χ1) is 8.22. The SMILES string of the molecule is NN=CCc1csc(-c2ccc(Br)cc2)c1O. The summed E-state index contributed by atoms with van der Waals surface area (Å²) < 4.78 is 1.02. The first-order valence-corrected chi connectivity index (χ1v) is 6.66. The van der Waals surface area contributed by atoms with Crippen LogP contribution in [0.25, 0.3) is 10.4 Å². The highest BCUT2D eigenvalue weighted by Crippen LogP contribution is 2.38. The molecule has 0 aliphatic carbocycles. The van der Waals surface area contributed by atoms with Crippen LogP contribution in [0.15, 0.2) is 39.2 Å². The van der Waals surface area contributed by atoms with Crippen molar-refractivity contribution in [1.82, 2.24) is 0 Å². The number of rotatable bonds is 3. The lowest BCUT2D eigenvalue weighted by Crippen LogP contribution is -1.87. The fourth-order valence-electron chi connectivity index (χ4n) is 1.49. The second kappa shape index (κ2) is 5.33. The van der Waals surface area contributed by atoms with Crippen LogP contribution in [0.4, 0.5) is 0 Å². The number of benzene rings is 1. The van der Waals surface area contributed by atoms with E-state index in [0.29, 0.717) is 12.2 Å². The van der Waals surface area contributed by atoms with Gasteiger partial charge in [0.1, 0.15) is 5.75 Å². The maximum Gasteiger partial charge on any atom is 0.137 e. The summed E-state index contributed by atoms with van der Waals surface area (Å²) in [6.07, 6.45) is 2.13. The third-order valence-electron chi connectivity index (χ3n) is 2.36. The van der Waals surface area contributed by atoms with Crippen molar-refractivity contribution < 1.29 is 5.11 Å². The van der Waals surface area contributed by atoms with Gasteiger partial charge in [-0.25, -0.2) is 0 Å². The van der Waals surface area contributed by atoms with E-state index in [-0.39, 0.29) is 0 Å². The molecule has 5 heteroatoms. The first kappa shape index (κ1) is 12.1. The summed E-state index contributed by atoms with van der Waals surface area (Å²) in [5.74, 6) is 5.36. The minimum absolute atomic E-state index is 0.317. The predicted molar refractivity (Wildman–Crippen MR) is 75.5 cm³/mol. The Labute approximate surface area is 112 Å². The van der Waals surface area contributed by atoms with Crippen molar-refractivity contribution in [2.24, 2.45) is 10.9 Å². The Hall–Kier alpha value is -1.33. The molecule has 0 fully saturated rings. The average molecular weight is 311 g/mol. The van der Waals surface area contributed by atoms with Crippen molar-refractivity contribution >= 4 is 33.5 Å². The van der Waals surface area contributed by atoms with Crippen LogP contribution in [-0.2, 0) is 6.42 Å². The van der Waals surface area contributed by atoms with Crippen molar-refractivity contribution in [1.29, 1.82) is 0 Å². The quantitative estimate of drug-likeness (QED) is 0.519. The van der Waals surface area contributed by atoms with E-state index in [2.05, 4.69) is 21.0 Å². The van der Waals surface area contributed by atoms with Gasteiger partial charge in [-0.2, -0.15) is 5.10 Å². The summed E-state index contributed by atoms with van der Waals surface area (Å²) in [4.78, 5) is 0.873. The van der Waals surface area contributed by atoms with E-state index in [1.54, 1.807) is 6.21 Å². The minimum atomic E-state index is 0.317. The second-order valence-electron chi connectivity index (χ2n) is 3.48. The van der Waals surface area contributed by atoms with Crippen LogP contribution in [0.3, 0.4) is 0 Å². The van der Waals surface area contributed by atoms with Crippen molar-refractivity contribution in [3.05, 3.63) is 39.7 Å². The molecule has 2 rings (SSSR count). The van der Waals surface area contributed by atoms with Gasteiger partial charge in [-0.3, -0.25) is 0 Å². The summed E-state index contributed by atoms with van der Waals surface area (Å²) in [5.41, 5.74) is 1.86. The molecular weight excluding hydrogens is 300 g/mol. The Morgan fingerprint density at radius 1 is 1.35 bits per heavy atom. The molecule has 1 aromatic carbocycles. The van der Waals surface area contributed by atoms with Crippen LogP contribution in [0, 0.1) is 0 Å². The molecule has 1 heterocycles. The topological polar surface area (TPSA) is 58.6 Å². The van der Waals surface area contributed by atoms with E-state index in [9.17, 15) is 5.11 Å². The fraction of sp³-hybridized carbons (Fsp3) is 0.0833. The molecule has 88 valence electrons. The average Bonchev–Trinajstić information content (AvgIpc) is 2.69. The Balaban J connectivity index is 2.33.